The summed E-state index contributed by atoms with van der Waals surface area (Å²) in [5.74, 6) is 0. The van der Waals surface area contributed by atoms with Crippen LogP contribution in [0.4, 0.5) is 0 Å². The second-order valence-electron chi connectivity index (χ2n) is 3.74. The Morgan fingerprint density at radius 1 is 0.600 bits per heavy atom. The van der Waals surface area contributed by atoms with Crippen LogP contribution in [0.3, 0.4) is 0 Å². The van der Waals surface area contributed by atoms with E-state index in [1.165, 1.54) is 55.4 Å². The molecule has 0 amide bonds. The van der Waals surface area contributed by atoms with Gasteiger partial charge in [0, 0.05) is 35.7 Å². The zero-order valence-electron chi connectivity index (χ0n) is 12.3. The first-order valence-corrected chi connectivity index (χ1v) is 6.10. The van der Waals surface area contributed by atoms with E-state index in [2.05, 4.69) is 15.0 Å². The maximum absolute atomic E-state index is 10.2. The molecule has 0 fully saturated rings. The second-order valence-corrected chi connectivity index (χ2v) is 3.74. The van der Waals surface area contributed by atoms with Crippen LogP contribution in [-0.2, 0) is 17.1 Å². The van der Waals surface area contributed by atoms with Crippen LogP contribution in [0.1, 0.15) is 0 Å². The molecule has 0 aliphatic carbocycles. The summed E-state index contributed by atoms with van der Waals surface area (Å²) in [4.78, 5) is 40.4. The van der Waals surface area contributed by atoms with Gasteiger partial charge in [-0.2, -0.15) is 15.0 Å². The molecule has 0 spiro atoms. The molecule has 0 bridgehead atoms. The van der Waals surface area contributed by atoms with Crippen molar-refractivity contribution in [1.82, 2.24) is 29.1 Å². The summed E-state index contributed by atoms with van der Waals surface area (Å²) in [6.07, 6.45) is 7.60. The first-order chi connectivity index (χ1) is 11.4. The van der Waals surface area contributed by atoms with Crippen LogP contribution in [0.15, 0.2) is 69.8 Å². The number of hydrogen-bond acceptors (Lipinski definition) is 9. The molecule has 3 N–H and O–H groups in total. The number of aromatic nitrogens is 6. The minimum absolute atomic E-state index is 0. The number of hydrogen-bond donors (Lipinski definition) is 3. The molecule has 12 nitrogen and oxygen atoms in total. The van der Waals surface area contributed by atoms with Crippen LogP contribution in [-0.4, -0.2) is 44.8 Å². The molecule has 134 valence electrons. The Hall–Kier alpha value is -3.44. The van der Waals surface area contributed by atoms with E-state index in [0.717, 1.165) is 0 Å². The molecular formula is C12H12FeN6O6. The second kappa shape index (κ2) is 11.2. The van der Waals surface area contributed by atoms with E-state index in [1.807, 2.05) is 0 Å². The molecule has 0 saturated heterocycles. The van der Waals surface area contributed by atoms with Gasteiger partial charge in [0.1, 0.15) is 0 Å². The molecule has 3 heterocycles. The molecule has 25 heavy (non-hydrogen) atoms. The average molecular weight is 392 g/mol. The fraction of sp³-hybridized carbons (Fsp3) is 0. The Morgan fingerprint density at radius 3 is 0.960 bits per heavy atom. The first kappa shape index (κ1) is 21.6. The average Bonchev–Trinajstić information content (AvgIpc) is 2.57. The molecule has 0 saturated carbocycles. The van der Waals surface area contributed by atoms with E-state index in [1.54, 1.807) is 0 Å². The molecule has 3 aromatic heterocycles. The molecule has 0 unspecified atom stereocenters. The SMILES string of the molecule is O=c1ncccn1O.O=c1ncccn1O.O=c1ncccn1O.[Fe]. The van der Waals surface area contributed by atoms with E-state index >= 15 is 0 Å². The summed E-state index contributed by atoms with van der Waals surface area (Å²) in [5, 5.41) is 25.4. The zero-order valence-corrected chi connectivity index (χ0v) is 13.4. The van der Waals surface area contributed by atoms with Crippen molar-refractivity contribution in [2.24, 2.45) is 0 Å². The Bertz CT molecular complexity index is 817. The monoisotopic (exact) mass is 392 g/mol. The third kappa shape index (κ3) is 8.10. The summed E-state index contributed by atoms with van der Waals surface area (Å²) in [6, 6.07) is 4.38. The fourth-order valence-electron chi connectivity index (χ4n) is 1.05. The molecule has 13 heteroatoms. The smallest absolute Gasteiger partial charge is 0.380 e. The van der Waals surface area contributed by atoms with Crippen molar-refractivity contribution in [3.8, 4) is 0 Å². The van der Waals surface area contributed by atoms with Crippen molar-refractivity contribution in [1.29, 1.82) is 0 Å². The van der Waals surface area contributed by atoms with Crippen molar-refractivity contribution in [3.63, 3.8) is 0 Å². The minimum atomic E-state index is -0.660. The van der Waals surface area contributed by atoms with Gasteiger partial charge in [-0.05, 0) is 18.2 Å². The van der Waals surface area contributed by atoms with Crippen molar-refractivity contribution in [3.05, 3.63) is 86.8 Å². The molecule has 0 atom stereocenters. The number of nitrogens with zero attached hydrogens (tertiary/aromatic N) is 6. The van der Waals surface area contributed by atoms with Crippen LogP contribution >= 0.6 is 0 Å². The molecule has 0 radical (unpaired) electrons. The standard InChI is InChI=1S/3C4H4N2O2.Fe/c3*7-4-5-2-1-3-6(4)8;/h3*1-3,8H;. The van der Waals surface area contributed by atoms with Crippen LogP contribution in [0.2, 0.25) is 0 Å². The van der Waals surface area contributed by atoms with Crippen molar-refractivity contribution in [2.75, 3.05) is 0 Å². The maximum Gasteiger partial charge on any atom is 0.380 e. The Balaban J connectivity index is 0.000000339. The van der Waals surface area contributed by atoms with Gasteiger partial charge in [0.15, 0.2) is 0 Å². The third-order valence-corrected chi connectivity index (χ3v) is 2.08. The van der Waals surface area contributed by atoms with Gasteiger partial charge in [0.25, 0.3) is 0 Å². The third-order valence-electron chi connectivity index (χ3n) is 2.08. The van der Waals surface area contributed by atoms with Gasteiger partial charge in [-0.1, -0.05) is 0 Å². The van der Waals surface area contributed by atoms with Gasteiger partial charge in [0.2, 0.25) is 0 Å². The van der Waals surface area contributed by atoms with Crippen LogP contribution in [0, 0.1) is 0 Å². The van der Waals surface area contributed by atoms with Crippen LogP contribution < -0.4 is 17.1 Å². The Kier molecular flexibility index (Phi) is 9.62. The zero-order chi connectivity index (χ0) is 17.9. The molecule has 0 aromatic carbocycles. The summed E-state index contributed by atoms with van der Waals surface area (Å²) < 4.78 is 1.25. The summed E-state index contributed by atoms with van der Waals surface area (Å²) >= 11 is 0. The van der Waals surface area contributed by atoms with Gasteiger partial charge in [-0.15, -0.1) is 14.2 Å². The van der Waals surface area contributed by atoms with Gasteiger partial charge in [-0.25, -0.2) is 14.4 Å². The maximum atomic E-state index is 10.2. The Labute approximate surface area is 149 Å². The fourth-order valence-corrected chi connectivity index (χ4v) is 1.05. The molecule has 0 aliphatic rings. The van der Waals surface area contributed by atoms with Crippen LogP contribution in [0.25, 0.3) is 0 Å². The normalized spacial score (nSPS) is 8.64. The quantitative estimate of drug-likeness (QED) is 0.303. The van der Waals surface area contributed by atoms with Crippen molar-refractivity contribution in [2.45, 2.75) is 0 Å². The number of rotatable bonds is 0. The van der Waals surface area contributed by atoms with E-state index in [4.69, 9.17) is 15.6 Å². The van der Waals surface area contributed by atoms with Gasteiger partial charge in [-0.3, -0.25) is 0 Å². The van der Waals surface area contributed by atoms with E-state index in [0.29, 0.717) is 14.2 Å². The predicted molar refractivity (Wildman–Crippen MR) is 77.0 cm³/mol. The van der Waals surface area contributed by atoms with E-state index in [9.17, 15) is 14.4 Å². The van der Waals surface area contributed by atoms with Crippen molar-refractivity contribution >= 4 is 0 Å². The minimum Gasteiger partial charge on any atom is -0.424 e. The predicted octanol–water partition coefficient (Wildman–Crippen LogP) is -1.56. The summed E-state index contributed by atoms with van der Waals surface area (Å²) in [6.45, 7) is 0. The summed E-state index contributed by atoms with van der Waals surface area (Å²) in [7, 11) is 0. The molecule has 3 aromatic rings. The van der Waals surface area contributed by atoms with E-state index < -0.39 is 17.1 Å². The topological polar surface area (TPSA) is 165 Å². The van der Waals surface area contributed by atoms with Crippen LogP contribution in [0.5, 0.6) is 0 Å². The molecule has 3 rings (SSSR count). The van der Waals surface area contributed by atoms with Crippen molar-refractivity contribution < 1.29 is 32.7 Å². The molecule has 0 aliphatic heterocycles. The molecular weight excluding hydrogens is 380 g/mol. The van der Waals surface area contributed by atoms with Gasteiger partial charge in [0.05, 0.1) is 18.6 Å². The summed E-state index contributed by atoms with van der Waals surface area (Å²) in [5.41, 5.74) is -1.98. The van der Waals surface area contributed by atoms with Gasteiger partial charge < -0.3 is 15.6 Å². The Morgan fingerprint density at radius 2 is 0.840 bits per heavy atom. The first-order valence-electron chi connectivity index (χ1n) is 6.10. The van der Waals surface area contributed by atoms with Gasteiger partial charge >= 0.3 is 17.1 Å². The largest absolute Gasteiger partial charge is 0.424 e. The van der Waals surface area contributed by atoms with E-state index in [-0.39, 0.29) is 17.1 Å².